The van der Waals surface area contributed by atoms with Crippen LogP contribution in [0.5, 0.6) is 0 Å². The molecule has 0 rings (SSSR count). The van der Waals surface area contributed by atoms with Gasteiger partial charge in [0, 0.05) is 0 Å². The van der Waals surface area contributed by atoms with Crippen molar-refractivity contribution < 1.29 is 30.1 Å². The number of carbonyl (C=O) groups is 1. The average Bonchev–Trinajstić information content (AvgIpc) is 1.87. The second-order valence-corrected chi connectivity index (χ2v) is 37.0. The molecule has 0 spiro atoms. The monoisotopic (exact) mass is 419 g/mol. The van der Waals surface area contributed by atoms with Gasteiger partial charge in [0.1, 0.15) is 0 Å². The van der Waals surface area contributed by atoms with E-state index in [2.05, 4.69) is 12.4 Å². The molecule has 0 heterocycles. The van der Waals surface area contributed by atoms with Gasteiger partial charge < -0.3 is 0 Å². The molecule has 11 heavy (non-hydrogen) atoms. The van der Waals surface area contributed by atoms with E-state index in [1.54, 1.807) is 17.5 Å². The minimum atomic E-state index is -2.64. The average molecular weight is 419 g/mol. The van der Waals surface area contributed by atoms with Crippen LogP contribution in [0.4, 0.5) is 0 Å². The van der Waals surface area contributed by atoms with Crippen LogP contribution >= 0.6 is 16.0 Å². The third-order valence-corrected chi connectivity index (χ3v) is 22.9. The predicted molar refractivity (Wildman–Crippen MR) is 51.1 cm³/mol. The van der Waals surface area contributed by atoms with Crippen molar-refractivity contribution in [2.45, 2.75) is 10.9 Å². The summed E-state index contributed by atoms with van der Waals surface area (Å²) in [5.41, 5.74) is 0. The van der Waals surface area contributed by atoms with Crippen LogP contribution in [0.2, 0.25) is 3.96 Å². The number of esters is 1. The van der Waals surface area contributed by atoms with Crippen molar-refractivity contribution in [1.82, 2.24) is 0 Å². The molecule has 1 atom stereocenters. The van der Waals surface area contributed by atoms with Crippen LogP contribution in [0.15, 0.2) is 0 Å². The van der Waals surface area contributed by atoms with E-state index in [4.69, 9.17) is 4.74 Å². The van der Waals surface area contributed by atoms with E-state index in [-0.39, 0.29) is 5.97 Å². The third-order valence-electron chi connectivity index (χ3n) is 1.09. The summed E-state index contributed by atoms with van der Waals surface area (Å²) < 4.78 is 8.55. The summed E-state index contributed by atoms with van der Waals surface area (Å²) in [5.74, 6) is -0.204. The Morgan fingerprint density at radius 3 is 2.73 bits per heavy atom. The molecule has 0 aliphatic carbocycles. The number of thiol groups is 1. The van der Waals surface area contributed by atoms with Gasteiger partial charge in [-0.1, -0.05) is 0 Å². The summed E-state index contributed by atoms with van der Waals surface area (Å²) in [4.78, 5) is 10.9. The van der Waals surface area contributed by atoms with Crippen LogP contribution in [0.25, 0.3) is 0 Å². The Labute approximate surface area is 78.1 Å². The zero-order chi connectivity index (χ0) is 8.91. The molecule has 0 N–H and O–H groups in total. The van der Waals surface area contributed by atoms with Crippen molar-refractivity contribution in [3.05, 3.63) is 0 Å². The topological polar surface area (TPSA) is 26.3 Å². The van der Waals surface area contributed by atoms with Gasteiger partial charge in [0.2, 0.25) is 0 Å². The molecule has 2 nitrogen and oxygen atoms in total. The molecule has 0 aromatic rings. The maximum atomic E-state index is 10.9. The first kappa shape index (κ1) is 12.1. The van der Waals surface area contributed by atoms with Crippen molar-refractivity contribution in [1.29, 1.82) is 0 Å². The number of ether oxygens (including phenoxy) is 1. The zero-order valence-corrected chi connectivity index (χ0v) is 12.8. The number of carbonyl (C=O) groups excluding carboxylic acids is 1. The first-order valence-corrected chi connectivity index (χ1v) is 22.2. The third kappa shape index (κ3) is 6.27. The van der Waals surface area contributed by atoms with Gasteiger partial charge in [0.15, 0.2) is 0 Å². The van der Waals surface area contributed by atoms with Gasteiger partial charge in [0.25, 0.3) is 0 Å². The van der Waals surface area contributed by atoms with Crippen LogP contribution < -0.4 is 0 Å². The molecule has 0 bridgehead atoms. The van der Waals surface area contributed by atoms with Crippen molar-refractivity contribution >= 4 is 25.0 Å². The molecule has 0 aromatic carbocycles. The molecule has 0 aromatic heterocycles. The molecule has 0 amide bonds. The molecule has 65 valence electrons. The minimum absolute atomic E-state index is 0.204. The Hall–Kier alpha value is 1.09. The molecule has 0 aliphatic heterocycles. The summed E-state index contributed by atoms with van der Waals surface area (Å²) in [6.45, 7) is 2.25. The first-order chi connectivity index (χ1) is 5.02. The van der Waals surface area contributed by atoms with Gasteiger partial charge in [-0.15, -0.1) is 0 Å². The summed E-state index contributed by atoms with van der Waals surface area (Å²) >= 11 is -2.64. The SMILES string of the molecule is CCOC(=O)[CH]=[U]([CH3])([SH])[S]C. The van der Waals surface area contributed by atoms with Gasteiger partial charge in [0.05, 0.1) is 0 Å². The molecule has 0 radical (unpaired) electrons. The van der Waals surface area contributed by atoms with Crippen LogP contribution in [-0.4, -0.2) is 21.9 Å². The summed E-state index contributed by atoms with van der Waals surface area (Å²) in [6, 6.07) is 0. The maximum absolute atomic E-state index is 10.9. The molecule has 0 saturated heterocycles. The van der Waals surface area contributed by atoms with Gasteiger partial charge >= 0.3 is 78.9 Å². The zero-order valence-electron chi connectivity index (χ0n) is 6.96. The van der Waals surface area contributed by atoms with Gasteiger partial charge in [-0.3, -0.25) is 0 Å². The van der Waals surface area contributed by atoms with E-state index in [0.717, 1.165) is 0 Å². The molecular formula is C6H13O2S2U. The van der Waals surface area contributed by atoms with Crippen LogP contribution in [0, 0.1) is 20.6 Å². The van der Waals surface area contributed by atoms with E-state index in [1.165, 1.54) is 0 Å². The van der Waals surface area contributed by atoms with Crippen molar-refractivity contribution in [3.8, 4) is 0 Å². The molecular weight excluding hydrogens is 406 g/mol. The van der Waals surface area contributed by atoms with E-state index in [9.17, 15) is 4.79 Å². The van der Waals surface area contributed by atoms with Crippen molar-refractivity contribution in [2.24, 2.45) is 0 Å². The molecule has 0 fully saturated rings. The van der Waals surface area contributed by atoms with E-state index >= 15 is 0 Å². The second-order valence-electron chi connectivity index (χ2n) is 2.16. The molecule has 1 unspecified atom stereocenters. The predicted octanol–water partition coefficient (Wildman–Crippen LogP) is 1.68. The number of rotatable bonds is 3. The number of hydrogen-bond acceptors (Lipinski definition) is 4. The standard InChI is InChI=1S/C4H6O2.CH4S.CH3.H2S.U/c1-3-6-4(2)5;1-2;;;/h2H,3H2,1H3;2H,1H3;1H3;1H2;/q;;;;+2/p-2. The fourth-order valence-corrected chi connectivity index (χ4v) is 6.10. The normalized spacial score (nSPS) is 15.3. The van der Waals surface area contributed by atoms with E-state index < -0.39 is 20.6 Å². The Bertz CT molecular complexity index is 185. The molecule has 0 aliphatic rings. The van der Waals surface area contributed by atoms with Crippen LogP contribution in [-0.2, 0) is 9.53 Å². The quantitative estimate of drug-likeness (QED) is 0.557. The first-order valence-electron chi connectivity index (χ1n) is 3.32. The summed E-state index contributed by atoms with van der Waals surface area (Å²) in [7, 11) is 6.17. The summed E-state index contributed by atoms with van der Waals surface area (Å²) in [5, 5.41) is 0. The van der Waals surface area contributed by atoms with Crippen LogP contribution in [0.3, 0.4) is 0 Å². The van der Waals surface area contributed by atoms with E-state index in [1.807, 2.05) is 6.26 Å². The van der Waals surface area contributed by atoms with Crippen molar-refractivity contribution in [3.63, 3.8) is 0 Å². The molecule has 5 heteroatoms. The Morgan fingerprint density at radius 2 is 2.36 bits per heavy atom. The number of hydrogen-bond donors (Lipinski definition) is 1. The second kappa shape index (κ2) is 5.69. The van der Waals surface area contributed by atoms with Gasteiger partial charge in [-0.05, 0) is 0 Å². The molecule has 0 saturated carbocycles. The van der Waals surface area contributed by atoms with Gasteiger partial charge in [-0.2, -0.15) is 0 Å². The Balaban J connectivity index is 4.18. The fraction of sp³-hybridized carbons (Fsp3) is 0.667. The van der Waals surface area contributed by atoms with E-state index in [0.29, 0.717) is 6.61 Å². The fourth-order valence-electron chi connectivity index (χ4n) is 0.462. The van der Waals surface area contributed by atoms with Crippen molar-refractivity contribution in [2.75, 3.05) is 12.9 Å². The Morgan fingerprint density at radius 1 is 1.82 bits per heavy atom. The van der Waals surface area contributed by atoms with Crippen LogP contribution in [0.1, 0.15) is 6.92 Å². The Kier molecular flexibility index (Phi) is 6.25. The summed E-state index contributed by atoms with van der Waals surface area (Å²) in [6.07, 6.45) is 1.99. The van der Waals surface area contributed by atoms with Gasteiger partial charge in [-0.25, -0.2) is 0 Å².